The van der Waals surface area contributed by atoms with Crippen LogP contribution in [-0.2, 0) is 13.1 Å². The van der Waals surface area contributed by atoms with E-state index in [1.165, 1.54) is 6.33 Å². The van der Waals surface area contributed by atoms with E-state index in [0.29, 0.717) is 76.1 Å². The monoisotopic (exact) mass is 583 g/mol. The van der Waals surface area contributed by atoms with Gasteiger partial charge >= 0.3 is 0 Å². The van der Waals surface area contributed by atoms with E-state index in [1.54, 1.807) is 14.2 Å². The average molecular weight is 585 g/mol. The lowest BCUT2D eigenvalue weighted by Gasteiger charge is -2.15. The smallest absolute Gasteiger partial charge is 0.218 e. The molecule has 4 rings (SSSR count). The molecule has 4 N–H and O–H groups in total. The maximum Gasteiger partial charge on any atom is 0.218 e. The molecule has 0 saturated heterocycles. The molecule has 2 aromatic heterocycles. The number of hydrogen-bond acceptors (Lipinski definition) is 9. The molecule has 0 radical (unpaired) electrons. The number of nitrogens with one attached hydrogen (secondary N) is 2. The molecule has 40 heavy (non-hydrogen) atoms. The molecule has 0 amide bonds. The van der Waals surface area contributed by atoms with E-state index in [9.17, 15) is 0 Å². The maximum atomic E-state index is 9.04. The summed E-state index contributed by atoms with van der Waals surface area (Å²) in [6, 6.07) is 15.1. The van der Waals surface area contributed by atoms with Gasteiger partial charge in [-0.1, -0.05) is 59.6 Å². The van der Waals surface area contributed by atoms with Gasteiger partial charge < -0.3 is 30.3 Å². The van der Waals surface area contributed by atoms with Crippen molar-refractivity contribution >= 4 is 23.2 Å². The fourth-order valence-electron chi connectivity index (χ4n) is 4.24. The zero-order valence-corrected chi connectivity index (χ0v) is 23.8. The Bertz CT molecular complexity index is 1350. The summed E-state index contributed by atoms with van der Waals surface area (Å²) < 4.78 is 11.1. The van der Waals surface area contributed by atoms with Crippen molar-refractivity contribution in [2.45, 2.75) is 13.1 Å². The van der Waals surface area contributed by atoms with Gasteiger partial charge in [-0.2, -0.15) is 0 Å². The fourth-order valence-corrected chi connectivity index (χ4v) is 4.87. The SMILES string of the molecule is COc1cc(-c2ncnc(-c3cccc(-c4ccc(CNCCO)c(OC)n4)c3Cl)c2Cl)ccc1CNCCO. The van der Waals surface area contributed by atoms with Gasteiger partial charge in [-0.3, -0.25) is 0 Å². The number of rotatable bonds is 13. The van der Waals surface area contributed by atoms with Crippen molar-refractivity contribution in [2.75, 3.05) is 40.5 Å². The number of methoxy groups -OCH3 is 2. The Labute approximate surface area is 243 Å². The van der Waals surface area contributed by atoms with Crippen LogP contribution in [0.4, 0.5) is 0 Å². The van der Waals surface area contributed by atoms with Crippen LogP contribution in [0.2, 0.25) is 10.0 Å². The minimum Gasteiger partial charge on any atom is -0.496 e. The van der Waals surface area contributed by atoms with Gasteiger partial charge in [-0.25, -0.2) is 15.0 Å². The van der Waals surface area contributed by atoms with Crippen molar-refractivity contribution in [2.24, 2.45) is 0 Å². The van der Waals surface area contributed by atoms with Gasteiger partial charge in [-0.15, -0.1) is 0 Å². The van der Waals surface area contributed by atoms with Crippen LogP contribution in [0.3, 0.4) is 0 Å². The van der Waals surface area contributed by atoms with Crippen LogP contribution in [0.15, 0.2) is 54.9 Å². The standard InChI is InChI=1S/C29H31Cl2N5O4/c1-39-24-14-18(6-7-19(24)15-32-10-12-37)27-26(31)28(35-17-34-27)22-5-3-4-21(25(22)30)23-9-8-20(16-33-11-13-38)29(36-23)40-2/h3-9,14,17,32-33,37-38H,10-13,15-16H2,1-2H3. The van der Waals surface area contributed by atoms with Gasteiger partial charge in [0, 0.05) is 54.0 Å². The number of halogens is 2. The number of hydrogen-bond donors (Lipinski definition) is 4. The number of benzene rings is 2. The molecule has 2 heterocycles. The number of aromatic nitrogens is 3. The van der Waals surface area contributed by atoms with E-state index in [-0.39, 0.29) is 13.2 Å². The molecule has 210 valence electrons. The maximum absolute atomic E-state index is 9.04. The Morgan fingerprint density at radius 1 is 0.775 bits per heavy atom. The van der Waals surface area contributed by atoms with Gasteiger partial charge in [0.05, 0.1) is 54.6 Å². The molecule has 0 fully saturated rings. The molecule has 2 aromatic carbocycles. The summed E-state index contributed by atoms with van der Waals surface area (Å²) in [7, 11) is 3.17. The molecule has 4 aromatic rings. The van der Waals surface area contributed by atoms with Crippen LogP contribution < -0.4 is 20.1 Å². The van der Waals surface area contributed by atoms with Crippen LogP contribution in [0.1, 0.15) is 11.1 Å². The first-order chi connectivity index (χ1) is 19.5. The third-order valence-electron chi connectivity index (χ3n) is 6.22. The van der Waals surface area contributed by atoms with Crippen molar-refractivity contribution in [3.8, 4) is 45.4 Å². The van der Waals surface area contributed by atoms with Gasteiger partial charge in [-0.05, 0) is 12.1 Å². The molecule has 11 heteroatoms. The van der Waals surface area contributed by atoms with Gasteiger partial charge in [0.2, 0.25) is 5.88 Å². The van der Waals surface area contributed by atoms with Crippen molar-refractivity contribution in [3.63, 3.8) is 0 Å². The number of pyridine rings is 1. The second kappa shape index (κ2) is 14.4. The molecule has 0 spiro atoms. The first-order valence-corrected chi connectivity index (χ1v) is 13.4. The van der Waals surface area contributed by atoms with E-state index in [4.69, 9.17) is 42.9 Å². The Morgan fingerprint density at radius 2 is 1.45 bits per heavy atom. The Kier molecular flexibility index (Phi) is 10.7. The third kappa shape index (κ3) is 6.69. The van der Waals surface area contributed by atoms with Crippen LogP contribution in [0.25, 0.3) is 33.8 Å². The lowest BCUT2D eigenvalue weighted by atomic mass is 10.0. The van der Waals surface area contributed by atoms with Crippen molar-refractivity contribution in [1.82, 2.24) is 25.6 Å². The molecule has 0 aliphatic rings. The average Bonchev–Trinajstić information content (AvgIpc) is 2.98. The summed E-state index contributed by atoms with van der Waals surface area (Å²) in [6.07, 6.45) is 1.46. The highest BCUT2D eigenvalue weighted by Gasteiger charge is 2.19. The summed E-state index contributed by atoms with van der Waals surface area (Å²) in [5.41, 5.74) is 5.57. The first kappa shape index (κ1) is 29.7. The molecule has 0 atom stereocenters. The van der Waals surface area contributed by atoms with Crippen molar-refractivity contribution < 1.29 is 19.7 Å². The highest BCUT2D eigenvalue weighted by Crippen LogP contribution is 2.41. The lowest BCUT2D eigenvalue weighted by molar-refractivity contribution is 0.291. The van der Waals surface area contributed by atoms with E-state index in [2.05, 4.69) is 25.6 Å². The van der Waals surface area contributed by atoms with Crippen molar-refractivity contribution in [1.29, 1.82) is 0 Å². The lowest BCUT2D eigenvalue weighted by Crippen LogP contribution is -2.18. The van der Waals surface area contributed by atoms with Crippen LogP contribution in [-0.4, -0.2) is 65.7 Å². The zero-order chi connectivity index (χ0) is 28.5. The largest absolute Gasteiger partial charge is 0.496 e. The predicted molar refractivity (Wildman–Crippen MR) is 157 cm³/mol. The molecular formula is C29H31Cl2N5O4. The summed E-state index contributed by atoms with van der Waals surface area (Å²) >= 11 is 13.8. The second-order valence-corrected chi connectivity index (χ2v) is 9.50. The zero-order valence-electron chi connectivity index (χ0n) is 22.2. The minimum absolute atomic E-state index is 0.0469. The third-order valence-corrected chi connectivity index (χ3v) is 6.99. The molecule has 0 saturated carbocycles. The topological polar surface area (TPSA) is 122 Å². The van der Waals surface area contributed by atoms with E-state index in [0.717, 1.165) is 16.7 Å². The number of nitrogens with zero attached hydrogens (tertiary/aromatic N) is 3. The van der Waals surface area contributed by atoms with E-state index in [1.807, 2.05) is 48.5 Å². The molecule has 0 unspecified atom stereocenters. The van der Waals surface area contributed by atoms with Crippen LogP contribution >= 0.6 is 23.2 Å². The van der Waals surface area contributed by atoms with Gasteiger partial charge in [0.15, 0.2) is 0 Å². The van der Waals surface area contributed by atoms with E-state index < -0.39 is 0 Å². The summed E-state index contributed by atoms with van der Waals surface area (Å²) in [5.74, 6) is 1.14. The molecule has 0 aliphatic carbocycles. The molecule has 0 aliphatic heterocycles. The summed E-state index contributed by atoms with van der Waals surface area (Å²) in [5, 5.41) is 25.1. The number of ether oxygens (including phenoxy) is 2. The highest BCUT2D eigenvalue weighted by atomic mass is 35.5. The first-order valence-electron chi connectivity index (χ1n) is 12.7. The van der Waals surface area contributed by atoms with Gasteiger partial charge in [0.25, 0.3) is 0 Å². The second-order valence-electron chi connectivity index (χ2n) is 8.74. The normalized spacial score (nSPS) is 11.1. The van der Waals surface area contributed by atoms with Crippen LogP contribution in [0, 0.1) is 0 Å². The minimum atomic E-state index is 0.0469. The van der Waals surface area contributed by atoms with Crippen LogP contribution in [0.5, 0.6) is 11.6 Å². The quantitative estimate of drug-likeness (QED) is 0.170. The molecule has 0 bridgehead atoms. The Morgan fingerprint density at radius 3 is 2.15 bits per heavy atom. The number of aliphatic hydroxyl groups excluding tert-OH is 2. The van der Waals surface area contributed by atoms with Gasteiger partial charge in [0.1, 0.15) is 12.1 Å². The molecule has 9 nitrogen and oxygen atoms in total. The summed E-state index contributed by atoms with van der Waals surface area (Å²) in [6.45, 7) is 2.12. The fraction of sp³-hybridized carbons (Fsp3) is 0.276. The number of aliphatic hydroxyl groups is 2. The van der Waals surface area contributed by atoms with Crippen molar-refractivity contribution in [3.05, 3.63) is 76.0 Å². The Hall–Kier alpha value is -3.31. The highest BCUT2D eigenvalue weighted by molar-refractivity contribution is 6.38. The Balaban J connectivity index is 1.69. The summed E-state index contributed by atoms with van der Waals surface area (Å²) in [4.78, 5) is 13.6. The van der Waals surface area contributed by atoms with E-state index >= 15 is 0 Å². The molecular weight excluding hydrogens is 553 g/mol. The predicted octanol–water partition coefficient (Wildman–Crippen LogP) is 4.36.